The van der Waals surface area contributed by atoms with Crippen molar-refractivity contribution in [2.24, 2.45) is 5.41 Å². The molecule has 0 N–H and O–H groups in total. The van der Waals surface area contributed by atoms with Crippen LogP contribution in [0, 0.1) is 22.5 Å². The van der Waals surface area contributed by atoms with Crippen molar-refractivity contribution in [3.63, 3.8) is 0 Å². The third-order valence-corrected chi connectivity index (χ3v) is 4.45. The van der Waals surface area contributed by atoms with Crippen LogP contribution in [0.2, 0.25) is 0 Å². The van der Waals surface area contributed by atoms with Crippen LogP contribution in [0.1, 0.15) is 25.8 Å². The average molecular weight is 270 g/mol. The lowest BCUT2D eigenvalue weighted by Crippen LogP contribution is -2.53. The third-order valence-electron chi connectivity index (χ3n) is 3.71. The predicted octanol–water partition coefficient (Wildman–Crippen LogP) is 3.69. The van der Waals surface area contributed by atoms with Crippen molar-refractivity contribution in [1.82, 2.24) is 0 Å². The van der Waals surface area contributed by atoms with E-state index in [0.717, 1.165) is 12.0 Å². The maximum atomic E-state index is 11.0. The smallest absolute Gasteiger partial charge is 0.311 e. The van der Waals surface area contributed by atoms with E-state index < -0.39 is 4.92 Å². The van der Waals surface area contributed by atoms with Crippen molar-refractivity contribution in [2.45, 2.75) is 38.7 Å². The molecule has 1 aromatic carbocycles. The molecule has 2 unspecified atom stereocenters. The normalized spacial score (nSPS) is 25.3. The summed E-state index contributed by atoms with van der Waals surface area (Å²) in [5.74, 6) is 0.365. The Morgan fingerprint density at radius 2 is 2.17 bits per heavy atom. The molecule has 0 radical (unpaired) electrons. The van der Waals surface area contributed by atoms with Crippen LogP contribution in [0.15, 0.2) is 18.2 Å². The highest BCUT2D eigenvalue weighted by Gasteiger charge is 2.49. The summed E-state index contributed by atoms with van der Waals surface area (Å²) in [7, 11) is 0. The summed E-state index contributed by atoms with van der Waals surface area (Å²) in [4.78, 5) is 10.6. The molecule has 4 nitrogen and oxygen atoms in total. The summed E-state index contributed by atoms with van der Waals surface area (Å²) in [5, 5.41) is 11.0. The lowest BCUT2D eigenvalue weighted by molar-refractivity contribution is -0.386. The van der Waals surface area contributed by atoms with Crippen molar-refractivity contribution in [3.8, 4) is 5.75 Å². The Morgan fingerprint density at radius 3 is 2.67 bits per heavy atom. The van der Waals surface area contributed by atoms with Crippen molar-refractivity contribution in [2.75, 3.05) is 0 Å². The number of nitrogens with zero attached hydrogens (tertiary/aromatic N) is 1. The van der Waals surface area contributed by atoms with Crippen LogP contribution >= 0.6 is 11.6 Å². The molecule has 0 amide bonds. The molecule has 0 saturated heterocycles. The van der Waals surface area contributed by atoms with Gasteiger partial charge in [-0.3, -0.25) is 10.1 Å². The number of aryl methyl sites for hydroxylation is 1. The van der Waals surface area contributed by atoms with Gasteiger partial charge >= 0.3 is 5.69 Å². The number of rotatable bonds is 3. The molecule has 98 valence electrons. The molecule has 18 heavy (non-hydrogen) atoms. The first-order valence-electron chi connectivity index (χ1n) is 5.88. The molecule has 0 aliphatic heterocycles. The van der Waals surface area contributed by atoms with E-state index in [0.29, 0.717) is 5.75 Å². The van der Waals surface area contributed by atoms with Gasteiger partial charge in [-0.25, -0.2) is 0 Å². The second-order valence-electron chi connectivity index (χ2n) is 5.31. The molecule has 0 heterocycles. The SMILES string of the molecule is Cc1cccc([N+](=O)[O-])c1OC1CC(Cl)C1(C)C. The molecule has 0 spiro atoms. The van der Waals surface area contributed by atoms with Crippen molar-refractivity contribution >= 4 is 17.3 Å². The van der Waals surface area contributed by atoms with Crippen LogP contribution in [0.3, 0.4) is 0 Å². The zero-order chi connectivity index (χ0) is 13.5. The Hall–Kier alpha value is -1.29. The summed E-state index contributed by atoms with van der Waals surface area (Å²) in [6, 6.07) is 4.94. The first kappa shape index (κ1) is 13.1. The maximum absolute atomic E-state index is 11.0. The van der Waals surface area contributed by atoms with Crippen LogP contribution in [-0.2, 0) is 0 Å². The molecule has 0 aromatic heterocycles. The summed E-state index contributed by atoms with van der Waals surface area (Å²) in [6.07, 6.45) is 0.653. The van der Waals surface area contributed by atoms with Gasteiger partial charge in [0, 0.05) is 23.3 Å². The van der Waals surface area contributed by atoms with E-state index in [1.807, 2.05) is 26.8 Å². The highest BCUT2D eigenvalue weighted by molar-refractivity contribution is 6.21. The van der Waals surface area contributed by atoms with Crippen LogP contribution < -0.4 is 4.74 Å². The average Bonchev–Trinajstić information content (AvgIpc) is 2.30. The van der Waals surface area contributed by atoms with Gasteiger partial charge in [0.1, 0.15) is 6.10 Å². The second kappa shape index (κ2) is 4.43. The van der Waals surface area contributed by atoms with Crippen LogP contribution in [-0.4, -0.2) is 16.4 Å². The monoisotopic (exact) mass is 269 g/mol. The number of ether oxygens (including phenoxy) is 1. The Morgan fingerprint density at radius 1 is 1.50 bits per heavy atom. The van der Waals surface area contributed by atoms with Crippen LogP contribution in [0.4, 0.5) is 5.69 Å². The predicted molar refractivity (Wildman–Crippen MR) is 70.3 cm³/mol. The first-order valence-corrected chi connectivity index (χ1v) is 6.32. The quantitative estimate of drug-likeness (QED) is 0.478. The molecule has 1 aliphatic rings. The Balaban J connectivity index is 2.27. The van der Waals surface area contributed by atoms with Crippen LogP contribution in [0.5, 0.6) is 5.75 Å². The number of halogens is 1. The number of benzene rings is 1. The number of alkyl halides is 1. The lowest BCUT2D eigenvalue weighted by atomic mass is 9.68. The number of para-hydroxylation sites is 1. The summed E-state index contributed by atoms with van der Waals surface area (Å²) < 4.78 is 5.83. The molecule has 1 saturated carbocycles. The molecular formula is C13H16ClNO3. The zero-order valence-corrected chi connectivity index (χ0v) is 11.4. The molecule has 2 atom stereocenters. The van der Waals surface area contributed by atoms with Crippen LogP contribution in [0.25, 0.3) is 0 Å². The van der Waals surface area contributed by atoms with Gasteiger partial charge in [0.15, 0.2) is 5.75 Å². The highest BCUT2D eigenvalue weighted by atomic mass is 35.5. The second-order valence-corrected chi connectivity index (χ2v) is 5.84. The number of hydrogen-bond donors (Lipinski definition) is 0. The van der Waals surface area contributed by atoms with Gasteiger partial charge in [0.05, 0.1) is 4.92 Å². The highest BCUT2D eigenvalue weighted by Crippen LogP contribution is 2.47. The number of nitro benzene ring substituents is 1. The minimum atomic E-state index is -0.411. The Kier molecular flexibility index (Phi) is 3.23. The molecule has 5 heteroatoms. The van der Waals surface area contributed by atoms with E-state index in [4.69, 9.17) is 16.3 Å². The molecule has 1 aromatic rings. The van der Waals surface area contributed by atoms with Crippen molar-refractivity contribution in [3.05, 3.63) is 33.9 Å². The Bertz CT molecular complexity index is 487. The third kappa shape index (κ3) is 2.05. The fourth-order valence-corrected chi connectivity index (χ4v) is 2.42. The van der Waals surface area contributed by atoms with E-state index in [2.05, 4.69) is 0 Å². The largest absolute Gasteiger partial charge is 0.483 e. The zero-order valence-electron chi connectivity index (χ0n) is 10.6. The van der Waals surface area contributed by atoms with Gasteiger partial charge in [0.25, 0.3) is 0 Å². The van der Waals surface area contributed by atoms with Gasteiger partial charge < -0.3 is 4.74 Å². The minimum absolute atomic E-state index is 0.0174. The van der Waals surface area contributed by atoms with E-state index in [1.165, 1.54) is 6.07 Å². The van der Waals surface area contributed by atoms with Gasteiger partial charge in [-0.2, -0.15) is 0 Å². The lowest BCUT2D eigenvalue weighted by Gasteiger charge is -2.48. The molecule has 0 bridgehead atoms. The molecule has 1 fully saturated rings. The standard InChI is InChI=1S/C13H16ClNO3/c1-8-5-4-6-9(15(16)17)12(8)18-11-7-10(14)13(11,2)3/h4-6,10-11H,7H2,1-3H3. The van der Waals surface area contributed by atoms with Gasteiger partial charge in [-0.05, 0) is 12.5 Å². The first-order chi connectivity index (χ1) is 8.34. The van der Waals surface area contributed by atoms with Gasteiger partial charge in [-0.1, -0.05) is 26.0 Å². The molecular weight excluding hydrogens is 254 g/mol. The number of nitro groups is 1. The molecule has 2 rings (SSSR count). The fourth-order valence-electron chi connectivity index (χ4n) is 2.11. The summed E-state index contributed by atoms with van der Waals surface area (Å²) in [5.41, 5.74) is 0.638. The fraction of sp³-hybridized carbons (Fsp3) is 0.538. The summed E-state index contributed by atoms with van der Waals surface area (Å²) in [6.45, 7) is 5.85. The Labute approximate surface area is 111 Å². The number of hydrogen-bond acceptors (Lipinski definition) is 3. The van der Waals surface area contributed by atoms with E-state index >= 15 is 0 Å². The van der Waals surface area contributed by atoms with E-state index in [1.54, 1.807) is 6.07 Å². The topological polar surface area (TPSA) is 52.4 Å². The molecule has 1 aliphatic carbocycles. The van der Waals surface area contributed by atoms with Crippen molar-refractivity contribution < 1.29 is 9.66 Å². The van der Waals surface area contributed by atoms with Gasteiger partial charge in [-0.15, -0.1) is 11.6 Å². The minimum Gasteiger partial charge on any atom is -0.483 e. The van der Waals surface area contributed by atoms with Crippen molar-refractivity contribution in [1.29, 1.82) is 0 Å². The van der Waals surface area contributed by atoms with E-state index in [-0.39, 0.29) is 22.6 Å². The van der Waals surface area contributed by atoms with Gasteiger partial charge in [0.2, 0.25) is 0 Å². The van der Waals surface area contributed by atoms with E-state index in [9.17, 15) is 10.1 Å². The summed E-state index contributed by atoms with van der Waals surface area (Å²) >= 11 is 6.13. The maximum Gasteiger partial charge on any atom is 0.311 e.